The molecule has 1 N–H and O–H groups in total. The number of hydrogen-bond acceptors (Lipinski definition) is 2. The van der Waals surface area contributed by atoms with Crippen LogP contribution in [-0.4, -0.2) is 40.0 Å². The summed E-state index contributed by atoms with van der Waals surface area (Å²) < 4.78 is 10.6. The Labute approximate surface area is 103 Å². The number of methoxy groups -OCH3 is 1. The quantitative estimate of drug-likeness (QED) is 0.825. The van der Waals surface area contributed by atoms with Crippen molar-refractivity contribution in [3.05, 3.63) is 35.9 Å². The van der Waals surface area contributed by atoms with Crippen molar-refractivity contribution in [2.75, 3.05) is 40.0 Å². The standard InChI is InChI=1S/C14H19NO2/c1-16-14-7-3-2-5-13(14)6-4-8-15-9-11-17-12-10-15/h2-7H,8-12H2,1H3/p+1/b6-4+. The van der Waals surface area contributed by atoms with Crippen LogP contribution in [0.1, 0.15) is 5.56 Å². The highest BCUT2D eigenvalue weighted by Gasteiger charge is 2.11. The van der Waals surface area contributed by atoms with Crippen molar-refractivity contribution in [3.8, 4) is 5.75 Å². The van der Waals surface area contributed by atoms with E-state index in [2.05, 4.69) is 18.2 Å². The van der Waals surface area contributed by atoms with Crippen molar-refractivity contribution >= 4 is 6.08 Å². The third-order valence-corrected chi connectivity index (χ3v) is 3.04. The zero-order chi connectivity index (χ0) is 11.9. The van der Waals surface area contributed by atoms with E-state index < -0.39 is 0 Å². The number of nitrogens with one attached hydrogen (secondary N) is 1. The van der Waals surface area contributed by atoms with Gasteiger partial charge in [0, 0.05) is 5.56 Å². The molecule has 92 valence electrons. The Hall–Kier alpha value is -1.32. The Balaban J connectivity index is 1.90. The van der Waals surface area contributed by atoms with Gasteiger partial charge in [0.25, 0.3) is 0 Å². The summed E-state index contributed by atoms with van der Waals surface area (Å²) in [5, 5.41) is 0. The molecular formula is C14H20NO2+. The van der Waals surface area contributed by atoms with E-state index in [1.54, 1.807) is 12.0 Å². The van der Waals surface area contributed by atoms with Crippen LogP contribution in [0.3, 0.4) is 0 Å². The second kappa shape index (κ2) is 6.42. The lowest BCUT2D eigenvalue weighted by Crippen LogP contribution is -3.13. The number of rotatable bonds is 4. The van der Waals surface area contributed by atoms with Gasteiger partial charge in [0.2, 0.25) is 0 Å². The number of benzene rings is 1. The van der Waals surface area contributed by atoms with Gasteiger partial charge in [0.1, 0.15) is 18.8 Å². The van der Waals surface area contributed by atoms with E-state index in [9.17, 15) is 0 Å². The first kappa shape index (κ1) is 12.1. The normalized spacial score (nSPS) is 17.5. The summed E-state index contributed by atoms with van der Waals surface area (Å²) in [7, 11) is 1.71. The largest absolute Gasteiger partial charge is 0.496 e. The van der Waals surface area contributed by atoms with E-state index >= 15 is 0 Å². The molecule has 3 nitrogen and oxygen atoms in total. The van der Waals surface area contributed by atoms with Crippen molar-refractivity contribution < 1.29 is 14.4 Å². The second-order valence-corrected chi connectivity index (χ2v) is 4.21. The van der Waals surface area contributed by atoms with Crippen molar-refractivity contribution in [2.24, 2.45) is 0 Å². The van der Waals surface area contributed by atoms with Gasteiger partial charge in [-0.1, -0.05) is 18.2 Å². The lowest BCUT2D eigenvalue weighted by molar-refractivity contribution is -0.902. The van der Waals surface area contributed by atoms with Crippen molar-refractivity contribution in [2.45, 2.75) is 0 Å². The van der Waals surface area contributed by atoms with Gasteiger partial charge in [0.15, 0.2) is 0 Å². The molecule has 0 aromatic heterocycles. The summed E-state index contributed by atoms with van der Waals surface area (Å²) in [6.45, 7) is 5.05. The molecule has 1 heterocycles. The molecule has 0 saturated carbocycles. The van der Waals surface area contributed by atoms with Gasteiger partial charge in [-0.15, -0.1) is 0 Å². The molecule has 0 aliphatic carbocycles. The van der Waals surface area contributed by atoms with E-state index in [1.807, 2.05) is 18.2 Å². The van der Waals surface area contributed by atoms with Crippen LogP contribution in [0.4, 0.5) is 0 Å². The summed E-state index contributed by atoms with van der Waals surface area (Å²) in [6.07, 6.45) is 4.36. The monoisotopic (exact) mass is 234 g/mol. The van der Waals surface area contributed by atoms with Gasteiger partial charge >= 0.3 is 0 Å². The highest BCUT2D eigenvalue weighted by atomic mass is 16.5. The lowest BCUT2D eigenvalue weighted by atomic mass is 10.2. The van der Waals surface area contributed by atoms with Crippen LogP contribution < -0.4 is 9.64 Å². The average Bonchev–Trinajstić information content (AvgIpc) is 2.40. The summed E-state index contributed by atoms with van der Waals surface area (Å²) in [6, 6.07) is 8.08. The summed E-state index contributed by atoms with van der Waals surface area (Å²) in [4.78, 5) is 1.59. The Kier molecular flexibility index (Phi) is 4.59. The number of morpholine rings is 1. The van der Waals surface area contributed by atoms with Gasteiger partial charge in [0.05, 0.1) is 26.9 Å². The molecule has 1 aliphatic rings. The summed E-state index contributed by atoms with van der Waals surface area (Å²) >= 11 is 0. The van der Waals surface area contributed by atoms with E-state index in [0.717, 1.165) is 44.2 Å². The molecule has 0 unspecified atom stereocenters. The smallest absolute Gasteiger partial charge is 0.126 e. The predicted molar refractivity (Wildman–Crippen MR) is 68.4 cm³/mol. The van der Waals surface area contributed by atoms with E-state index in [1.165, 1.54) is 0 Å². The fourth-order valence-corrected chi connectivity index (χ4v) is 2.02. The van der Waals surface area contributed by atoms with Crippen LogP contribution in [0.15, 0.2) is 30.3 Å². The van der Waals surface area contributed by atoms with Crippen LogP contribution in [0.25, 0.3) is 6.08 Å². The summed E-state index contributed by atoms with van der Waals surface area (Å²) in [5.74, 6) is 0.931. The second-order valence-electron chi connectivity index (χ2n) is 4.21. The molecule has 0 radical (unpaired) electrons. The third-order valence-electron chi connectivity index (χ3n) is 3.04. The number of hydrogen-bond donors (Lipinski definition) is 1. The van der Waals surface area contributed by atoms with Crippen LogP contribution in [0.5, 0.6) is 5.75 Å². The Morgan fingerprint density at radius 2 is 2.06 bits per heavy atom. The Bertz CT molecular complexity index is 370. The predicted octanol–water partition coefficient (Wildman–Crippen LogP) is 0.623. The van der Waals surface area contributed by atoms with Gasteiger partial charge in [-0.3, -0.25) is 0 Å². The maximum absolute atomic E-state index is 5.34. The van der Waals surface area contributed by atoms with E-state index in [4.69, 9.17) is 9.47 Å². The SMILES string of the molecule is COc1ccccc1/C=C/C[NH+]1CCOCC1. The minimum atomic E-state index is 0.887. The maximum Gasteiger partial charge on any atom is 0.126 e. The molecule has 1 aromatic rings. The minimum absolute atomic E-state index is 0.887. The highest BCUT2D eigenvalue weighted by Crippen LogP contribution is 2.18. The van der Waals surface area contributed by atoms with Crippen LogP contribution in [-0.2, 0) is 4.74 Å². The van der Waals surface area contributed by atoms with Crippen LogP contribution >= 0.6 is 0 Å². The molecule has 3 heteroatoms. The molecule has 0 amide bonds. The van der Waals surface area contributed by atoms with Crippen LogP contribution in [0, 0.1) is 0 Å². The first-order valence-electron chi connectivity index (χ1n) is 6.11. The molecule has 0 bridgehead atoms. The minimum Gasteiger partial charge on any atom is -0.496 e. The Morgan fingerprint density at radius 1 is 1.29 bits per heavy atom. The fraction of sp³-hybridized carbons (Fsp3) is 0.429. The lowest BCUT2D eigenvalue weighted by Gasteiger charge is -2.22. The maximum atomic E-state index is 5.34. The number of quaternary nitrogens is 1. The highest BCUT2D eigenvalue weighted by molar-refractivity contribution is 5.57. The van der Waals surface area contributed by atoms with Gasteiger partial charge < -0.3 is 14.4 Å². The van der Waals surface area contributed by atoms with Gasteiger partial charge in [-0.25, -0.2) is 0 Å². The third kappa shape index (κ3) is 3.58. The summed E-state index contributed by atoms with van der Waals surface area (Å²) in [5.41, 5.74) is 1.14. The van der Waals surface area contributed by atoms with Gasteiger partial charge in [-0.05, 0) is 18.2 Å². The zero-order valence-corrected chi connectivity index (χ0v) is 10.3. The number of para-hydroxylation sites is 1. The molecule has 2 rings (SSSR count). The van der Waals surface area contributed by atoms with Crippen molar-refractivity contribution in [1.29, 1.82) is 0 Å². The average molecular weight is 234 g/mol. The van der Waals surface area contributed by atoms with Crippen molar-refractivity contribution in [1.82, 2.24) is 0 Å². The topological polar surface area (TPSA) is 22.9 Å². The molecule has 1 saturated heterocycles. The van der Waals surface area contributed by atoms with E-state index in [0.29, 0.717) is 0 Å². The van der Waals surface area contributed by atoms with E-state index in [-0.39, 0.29) is 0 Å². The zero-order valence-electron chi connectivity index (χ0n) is 10.3. The van der Waals surface area contributed by atoms with Gasteiger partial charge in [-0.2, -0.15) is 0 Å². The molecule has 1 aliphatic heterocycles. The molecule has 1 fully saturated rings. The Morgan fingerprint density at radius 3 is 2.82 bits per heavy atom. The molecule has 0 atom stereocenters. The first-order chi connectivity index (χ1) is 8.40. The molecular weight excluding hydrogens is 214 g/mol. The fourth-order valence-electron chi connectivity index (χ4n) is 2.02. The molecule has 0 spiro atoms. The molecule has 1 aromatic carbocycles. The number of ether oxygens (including phenoxy) is 2. The van der Waals surface area contributed by atoms with Crippen LogP contribution in [0.2, 0.25) is 0 Å². The van der Waals surface area contributed by atoms with Crippen molar-refractivity contribution in [3.63, 3.8) is 0 Å². The first-order valence-corrected chi connectivity index (χ1v) is 6.11. The molecule has 17 heavy (non-hydrogen) atoms.